The zero-order valence-corrected chi connectivity index (χ0v) is 12.6. The molecule has 19 heavy (non-hydrogen) atoms. The van der Waals surface area contributed by atoms with Crippen molar-refractivity contribution in [3.63, 3.8) is 0 Å². The maximum Gasteiger partial charge on any atom is 0.147 e. The molecule has 0 radical (unpaired) electrons. The van der Waals surface area contributed by atoms with Crippen LogP contribution in [0.3, 0.4) is 0 Å². The van der Waals surface area contributed by atoms with Gasteiger partial charge in [-0.1, -0.05) is 20.8 Å². The Morgan fingerprint density at radius 1 is 1.32 bits per heavy atom. The molecule has 0 bridgehead atoms. The summed E-state index contributed by atoms with van der Waals surface area (Å²) < 4.78 is 0. The van der Waals surface area contributed by atoms with Crippen molar-refractivity contribution in [1.82, 2.24) is 15.3 Å². The normalized spacial score (nSPS) is 23.3. The second-order valence-electron chi connectivity index (χ2n) is 5.80. The first-order valence-electron chi connectivity index (χ1n) is 7.44. The Morgan fingerprint density at radius 2 is 2.11 bits per heavy atom. The Hall–Kier alpha value is -1.16. The lowest BCUT2D eigenvalue weighted by Crippen LogP contribution is -2.35. The van der Waals surface area contributed by atoms with Crippen LogP contribution in [0.1, 0.15) is 52.7 Å². The fourth-order valence-electron chi connectivity index (χ4n) is 2.77. The molecule has 2 heterocycles. The van der Waals surface area contributed by atoms with Gasteiger partial charge < -0.3 is 10.2 Å². The monoisotopic (exact) mass is 262 g/mol. The van der Waals surface area contributed by atoms with Crippen LogP contribution in [0.15, 0.2) is 12.4 Å². The van der Waals surface area contributed by atoms with Gasteiger partial charge >= 0.3 is 0 Å². The lowest BCUT2D eigenvalue weighted by Gasteiger charge is -2.28. The van der Waals surface area contributed by atoms with Crippen molar-refractivity contribution >= 4 is 5.82 Å². The SMILES string of the molecule is CCC1CCC(C)N1c1cnc(CNC(C)C)cn1. The Morgan fingerprint density at radius 3 is 2.68 bits per heavy atom. The Labute approximate surface area is 116 Å². The second-order valence-corrected chi connectivity index (χ2v) is 5.80. The van der Waals surface area contributed by atoms with E-state index in [0.29, 0.717) is 18.1 Å². The number of anilines is 1. The molecular weight excluding hydrogens is 236 g/mol. The summed E-state index contributed by atoms with van der Waals surface area (Å²) in [5, 5.41) is 3.36. The van der Waals surface area contributed by atoms with Crippen LogP contribution >= 0.6 is 0 Å². The minimum absolute atomic E-state index is 0.476. The van der Waals surface area contributed by atoms with Crippen LogP contribution in [-0.4, -0.2) is 28.1 Å². The third kappa shape index (κ3) is 3.44. The molecule has 0 aromatic carbocycles. The second kappa shape index (κ2) is 6.33. The first-order valence-corrected chi connectivity index (χ1v) is 7.44. The third-order valence-electron chi connectivity index (χ3n) is 3.90. The van der Waals surface area contributed by atoms with Crippen molar-refractivity contribution in [2.45, 2.75) is 71.6 Å². The van der Waals surface area contributed by atoms with Crippen LogP contribution in [0.2, 0.25) is 0 Å². The van der Waals surface area contributed by atoms with Gasteiger partial charge in [0.1, 0.15) is 5.82 Å². The smallest absolute Gasteiger partial charge is 0.147 e. The van der Waals surface area contributed by atoms with Crippen LogP contribution in [0.25, 0.3) is 0 Å². The molecule has 1 aliphatic heterocycles. The number of nitrogens with one attached hydrogen (secondary N) is 1. The summed E-state index contributed by atoms with van der Waals surface area (Å²) in [6.45, 7) is 9.60. The average molecular weight is 262 g/mol. The topological polar surface area (TPSA) is 41.1 Å². The van der Waals surface area contributed by atoms with E-state index < -0.39 is 0 Å². The molecule has 106 valence electrons. The van der Waals surface area contributed by atoms with Gasteiger partial charge in [0, 0.05) is 24.7 Å². The standard InChI is InChI=1S/C15H26N4/c1-5-14-7-6-12(4)19(14)15-10-17-13(9-18-15)8-16-11(2)3/h9-12,14,16H,5-8H2,1-4H3. The van der Waals surface area contributed by atoms with E-state index in [-0.39, 0.29) is 0 Å². The first-order chi connectivity index (χ1) is 9.11. The van der Waals surface area contributed by atoms with Gasteiger partial charge in [0.05, 0.1) is 18.1 Å². The van der Waals surface area contributed by atoms with Crippen molar-refractivity contribution in [2.75, 3.05) is 4.90 Å². The van der Waals surface area contributed by atoms with E-state index >= 15 is 0 Å². The highest BCUT2D eigenvalue weighted by Gasteiger charge is 2.30. The van der Waals surface area contributed by atoms with Crippen molar-refractivity contribution in [2.24, 2.45) is 0 Å². The minimum atomic E-state index is 0.476. The van der Waals surface area contributed by atoms with Gasteiger partial charge in [0.25, 0.3) is 0 Å². The molecule has 0 spiro atoms. The summed E-state index contributed by atoms with van der Waals surface area (Å²) in [4.78, 5) is 11.6. The number of hydrogen-bond acceptors (Lipinski definition) is 4. The van der Waals surface area contributed by atoms with Crippen LogP contribution in [-0.2, 0) is 6.54 Å². The van der Waals surface area contributed by atoms with Crippen LogP contribution in [0, 0.1) is 0 Å². The first kappa shape index (κ1) is 14.3. The molecule has 2 rings (SSSR count). The lowest BCUT2D eigenvalue weighted by molar-refractivity contribution is 0.578. The molecule has 0 saturated carbocycles. The lowest BCUT2D eigenvalue weighted by atomic mass is 10.1. The van der Waals surface area contributed by atoms with Crippen molar-refractivity contribution in [3.8, 4) is 0 Å². The van der Waals surface area contributed by atoms with E-state index in [1.54, 1.807) is 0 Å². The third-order valence-corrected chi connectivity index (χ3v) is 3.90. The van der Waals surface area contributed by atoms with Gasteiger partial charge in [-0.15, -0.1) is 0 Å². The molecular formula is C15H26N4. The maximum absolute atomic E-state index is 4.61. The highest BCUT2D eigenvalue weighted by Crippen LogP contribution is 2.30. The van der Waals surface area contributed by atoms with Crippen LogP contribution in [0.5, 0.6) is 0 Å². The number of aromatic nitrogens is 2. The summed E-state index contributed by atoms with van der Waals surface area (Å²) in [7, 11) is 0. The zero-order chi connectivity index (χ0) is 13.8. The van der Waals surface area contributed by atoms with E-state index in [4.69, 9.17) is 0 Å². The molecule has 1 fully saturated rings. The van der Waals surface area contributed by atoms with Gasteiger partial charge in [-0.2, -0.15) is 0 Å². The molecule has 4 nitrogen and oxygen atoms in total. The molecule has 4 heteroatoms. The van der Waals surface area contributed by atoms with E-state index in [0.717, 1.165) is 18.1 Å². The molecule has 1 N–H and O–H groups in total. The van der Waals surface area contributed by atoms with E-state index in [9.17, 15) is 0 Å². The van der Waals surface area contributed by atoms with Gasteiger partial charge in [0.2, 0.25) is 0 Å². The number of nitrogens with zero attached hydrogens (tertiary/aromatic N) is 3. The van der Waals surface area contributed by atoms with Crippen molar-refractivity contribution in [1.29, 1.82) is 0 Å². The molecule has 1 aromatic heterocycles. The zero-order valence-electron chi connectivity index (χ0n) is 12.6. The van der Waals surface area contributed by atoms with E-state index in [1.807, 2.05) is 12.4 Å². The number of rotatable bonds is 5. The Balaban J connectivity index is 2.05. The molecule has 1 aromatic rings. The highest BCUT2D eigenvalue weighted by atomic mass is 15.3. The average Bonchev–Trinajstić information content (AvgIpc) is 2.78. The quantitative estimate of drug-likeness (QED) is 0.886. The van der Waals surface area contributed by atoms with Crippen molar-refractivity contribution in [3.05, 3.63) is 18.1 Å². The van der Waals surface area contributed by atoms with Crippen molar-refractivity contribution < 1.29 is 0 Å². The van der Waals surface area contributed by atoms with Crippen LogP contribution in [0.4, 0.5) is 5.82 Å². The molecule has 2 atom stereocenters. The Bertz CT molecular complexity index is 388. The summed E-state index contributed by atoms with van der Waals surface area (Å²) in [6, 6.07) is 1.69. The number of hydrogen-bond donors (Lipinski definition) is 1. The van der Waals surface area contributed by atoms with Gasteiger partial charge in [-0.05, 0) is 26.2 Å². The molecule has 2 unspecified atom stereocenters. The molecule has 0 amide bonds. The predicted molar refractivity (Wildman–Crippen MR) is 79.3 cm³/mol. The van der Waals surface area contributed by atoms with Gasteiger partial charge in [0.15, 0.2) is 0 Å². The molecule has 0 aliphatic carbocycles. The fraction of sp³-hybridized carbons (Fsp3) is 0.733. The largest absolute Gasteiger partial charge is 0.350 e. The molecule has 1 saturated heterocycles. The highest BCUT2D eigenvalue weighted by molar-refractivity contribution is 5.40. The predicted octanol–water partition coefficient (Wildman–Crippen LogP) is 2.74. The Kier molecular flexibility index (Phi) is 4.75. The summed E-state index contributed by atoms with van der Waals surface area (Å²) in [5.41, 5.74) is 1.01. The fourth-order valence-corrected chi connectivity index (χ4v) is 2.77. The summed E-state index contributed by atoms with van der Waals surface area (Å²) in [5.74, 6) is 1.03. The summed E-state index contributed by atoms with van der Waals surface area (Å²) >= 11 is 0. The minimum Gasteiger partial charge on any atom is -0.350 e. The van der Waals surface area contributed by atoms with Crippen LogP contribution < -0.4 is 10.2 Å². The van der Waals surface area contributed by atoms with E-state index in [2.05, 4.69) is 47.9 Å². The summed E-state index contributed by atoms with van der Waals surface area (Å²) in [6.07, 6.45) is 7.56. The van der Waals surface area contributed by atoms with Gasteiger partial charge in [-0.25, -0.2) is 4.98 Å². The van der Waals surface area contributed by atoms with E-state index in [1.165, 1.54) is 19.3 Å². The van der Waals surface area contributed by atoms with Gasteiger partial charge in [-0.3, -0.25) is 4.98 Å². The maximum atomic E-state index is 4.61. The molecule has 1 aliphatic rings.